The van der Waals surface area contributed by atoms with Crippen molar-refractivity contribution in [1.82, 2.24) is 14.3 Å². The number of nitrogens with zero attached hydrogens (tertiary/aromatic N) is 4. The van der Waals surface area contributed by atoms with E-state index in [1.165, 1.54) is 6.07 Å². The van der Waals surface area contributed by atoms with Crippen molar-refractivity contribution in [3.63, 3.8) is 0 Å². The second kappa shape index (κ2) is 10.2. The molecule has 1 aromatic carbocycles. The summed E-state index contributed by atoms with van der Waals surface area (Å²) in [6.45, 7) is 4.96. The summed E-state index contributed by atoms with van der Waals surface area (Å²) in [4.78, 5) is 9.03. The van der Waals surface area contributed by atoms with E-state index in [0.717, 1.165) is 39.4 Å². The maximum absolute atomic E-state index is 12.7. The van der Waals surface area contributed by atoms with Gasteiger partial charge in [0.25, 0.3) is 0 Å². The normalized spacial score (nSPS) is 18.8. The number of aliphatic hydroxyl groups is 1. The first-order valence-corrected chi connectivity index (χ1v) is 11.8. The lowest BCUT2D eigenvalue weighted by Crippen LogP contribution is -2.47. The van der Waals surface area contributed by atoms with Crippen molar-refractivity contribution in [2.75, 3.05) is 18.4 Å². The Morgan fingerprint density at radius 1 is 1.11 bits per heavy atom. The topological polar surface area (TPSA) is 85.1 Å². The number of nitrogens with one attached hydrogen (secondary N) is 1. The summed E-state index contributed by atoms with van der Waals surface area (Å²) in [5.41, 5.74) is 3.49. The Bertz CT molecular complexity index is 1230. The lowest BCUT2D eigenvalue weighted by Gasteiger charge is -2.35. The first-order valence-electron chi connectivity index (χ1n) is 11.0. The van der Waals surface area contributed by atoms with E-state index in [1.54, 1.807) is 18.1 Å². The molecule has 0 amide bonds. The minimum atomic E-state index is -4.43. The van der Waals surface area contributed by atoms with Crippen molar-refractivity contribution < 1.29 is 18.3 Å². The average Bonchev–Trinajstić information content (AvgIpc) is 2.82. The molecule has 0 bridgehead atoms. The molecule has 35 heavy (non-hydrogen) atoms. The standard InChI is InChI=1S/C25H24F3N5OS/c1-15-12-30-21(11-29)16(2)24(15)17-3-6-19(7-4-17)35-33-10-9-20(22(34)14-33)32-23-8-5-18(13-31-23)25(26,27)28/h3-8,12-13,20,22,34H,9-10,14H2,1-2H3,(H,31,32). The van der Waals surface area contributed by atoms with E-state index in [-0.39, 0.29) is 6.04 Å². The van der Waals surface area contributed by atoms with Gasteiger partial charge in [0, 0.05) is 30.4 Å². The number of halogens is 3. The molecule has 0 radical (unpaired) electrons. The minimum absolute atomic E-state index is 0.301. The molecule has 0 spiro atoms. The van der Waals surface area contributed by atoms with Crippen LogP contribution in [-0.2, 0) is 6.18 Å². The van der Waals surface area contributed by atoms with Crippen molar-refractivity contribution >= 4 is 17.8 Å². The van der Waals surface area contributed by atoms with E-state index >= 15 is 0 Å². The van der Waals surface area contributed by atoms with E-state index < -0.39 is 17.8 Å². The van der Waals surface area contributed by atoms with Gasteiger partial charge in [-0.2, -0.15) is 18.4 Å². The molecule has 0 aliphatic carbocycles. The fourth-order valence-corrected chi connectivity index (χ4v) is 5.10. The van der Waals surface area contributed by atoms with Crippen LogP contribution in [0.4, 0.5) is 19.0 Å². The van der Waals surface area contributed by atoms with E-state index in [4.69, 9.17) is 0 Å². The number of aryl methyl sites for hydroxylation is 1. The molecule has 2 atom stereocenters. The third-order valence-electron chi connectivity index (χ3n) is 5.96. The van der Waals surface area contributed by atoms with Crippen molar-refractivity contribution in [2.45, 2.75) is 43.5 Å². The molecule has 4 rings (SSSR count). The van der Waals surface area contributed by atoms with Gasteiger partial charge in [-0.05, 0) is 78.7 Å². The molecule has 2 N–H and O–H groups in total. The van der Waals surface area contributed by atoms with Crippen LogP contribution in [0.5, 0.6) is 0 Å². The first kappa shape index (κ1) is 25.0. The summed E-state index contributed by atoms with van der Waals surface area (Å²) in [5, 5.41) is 22.9. The van der Waals surface area contributed by atoms with Crippen LogP contribution < -0.4 is 5.32 Å². The van der Waals surface area contributed by atoms with Gasteiger partial charge < -0.3 is 10.4 Å². The molecule has 2 unspecified atom stereocenters. The Hall–Kier alpha value is -3.13. The number of nitriles is 1. The molecule has 10 heteroatoms. The summed E-state index contributed by atoms with van der Waals surface area (Å²) >= 11 is 1.54. The summed E-state index contributed by atoms with van der Waals surface area (Å²) in [6.07, 6.45) is -2.02. The van der Waals surface area contributed by atoms with E-state index in [9.17, 15) is 23.5 Å². The maximum atomic E-state index is 12.7. The Balaban J connectivity index is 1.36. The molecule has 3 heterocycles. The largest absolute Gasteiger partial charge is 0.417 e. The van der Waals surface area contributed by atoms with Gasteiger partial charge in [-0.25, -0.2) is 14.3 Å². The molecular formula is C25H24F3N5OS. The van der Waals surface area contributed by atoms with Crippen LogP contribution in [0.15, 0.2) is 53.7 Å². The van der Waals surface area contributed by atoms with Crippen molar-refractivity contribution in [2.24, 2.45) is 0 Å². The average molecular weight is 500 g/mol. The molecule has 2 aromatic heterocycles. The number of β-amino-alcohol motifs (C(OH)–C–C–N with tert-alkyl or cyclic N) is 1. The monoisotopic (exact) mass is 499 g/mol. The smallest absolute Gasteiger partial charge is 0.390 e. The lowest BCUT2D eigenvalue weighted by atomic mass is 9.96. The molecule has 3 aromatic rings. The Morgan fingerprint density at radius 3 is 2.46 bits per heavy atom. The molecule has 1 aliphatic rings. The Kier molecular flexibility index (Phi) is 7.31. The predicted octanol–water partition coefficient (Wildman–Crippen LogP) is 5.21. The van der Waals surface area contributed by atoms with Gasteiger partial charge in [0.05, 0.1) is 17.7 Å². The molecule has 1 fully saturated rings. The lowest BCUT2D eigenvalue weighted by molar-refractivity contribution is -0.137. The quantitative estimate of drug-likeness (QED) is 0.467. The number of hydrogen-bond donors (Lipinski definition) is 2. The number of pyridine rings is 2. The van der Waals surface area contributed by atoms with E-state index in [2.05, 4.69) is 25.7 Å². The van der Waals surface area contributed by atoms with Crippen molar-refractivity contribution in [3.05, 3.63) is 71.2 Å². The number of alkyl halides is 3. The van der Waals surface area contributed by atoms with Crippen molar-refractivity contribution in [3.8, 4) is 17.2 Å². The summed E-state index contributed by atoms with van der Waals surface area (Å²) < 4.78 is 40.2. The van der Waals surface area contributed by atoms with Gasteiger partial charge in [-0.3, -0.25) is 0 Å². The van der Waals surface area contributed by atoms with Crippen LogP contribution in [0.1, 0.15) is 28.8 Å². The van der Waals surface area contributed by atoms with E-state index in [0.29, 0.717) is 31.0 Å². The van der Waals surface area contributed by atoms with Crippen LogP contribution in [0.25, 0.3) is 11.1 Å². The number of hydrogen-bond acceptors (Lipinski definition) is 7. The second-order valence-corrected chi connectivity index (χ2v) is 9.61. The first-order chi connectivity index (χ1) is 16.7. The third kappa shape index (κ3) is 5.75. The van der Waals surface area contributed by atoms with Crippen molar-refractivity contribution in [1.29, 1.82) is 5.26 Å². The predicted molar refractivity (Wildman–Crippen MR) is 129 cm³/mol. The maximum Gasteiger partial charge on any atom is 0.417 e. The molecule has 182 valence electrons. The number of aliphatic hydroxyl groups excluding tert-OH is 1. The molecule has 1 saturated heterocycles. The number of anilines is 1. The highest BCUT2D eigenvalue weighted by molar-refractivity contribution is 7.97. The number of rotatable bonds is 5. The minimum Gasteiger partial charge on any atom is -0.390 e. The molecule has 6 nitrogen and oxygen atoms in total. The zero-order chi connectivity index (χ0) is 25.2. The zero-order valence-electron chi connectivity index (χ0n) is 19.2. The highest BCUT2D eigenvalue weighted by atomic mass is 32.2. The summed E-state index contributed by atoms with van der Waals surface area (Å²) in [5.74, 6) is 0.306. The van der Waals surface area contributed by atoms with Gasteiger partial charge in [0.15, 0.2) is 0 Å². The summed E-state index contributed by atoms with van der Waals surface area (Å²) in [7, 11) is 0. The molecule has 1 aliphatic heterocycles. The second-order valence-electron chi connectivity index (χ2n) is 8.44. The zero-order valence-corrected chi connectivity index (χ0v) is 20.0. The van der Waals surface area contributed by atoms with Crippen LogP contribution in [0.2, 0.25) is 0 Å². The highest BCUT2D eigenvalue weighted by Gasteiger charge is 2.31. The Morgan fingerprint density at radius 2 is 1.86 bits per heavy atom. The van der Waals surface area contributed by atoms with Crippen LogP contribution >= 0.6 is 11.9 Å². The van der Waals surface area contributed by atoms with Gasteiger partial charge in [-0.1, -0.05) is 12.1 Å². The SMILES string of the molecule is Cc1cnc(C#N)c(C)c1-c1ccc(SN2CCC(Nc3ccc(C(F)(F)F)cn3)C(O)C2)cc1. The molecular weight excluding hydrogens is 475 g/mol. The Labute approximate surface area is 206 Å². The molecule has 0 saturated carbocycles. The summed E-state index contributed by atoms with van der Waals surface area (Å²) in [6, 6.07) is 12.1. The fraction of sp³-hybridized carbons (Fsp3) is 0.320. The number of benzene rings is 1. The van der Waals surface area contributed by atoms with Gasteiger partial charge >= 0.3 is 6.18 Å². The highest BCUT2D eigenvalue weighted by Crippen LogP contribution is 2.33. The fourth-order valence-electron chi connectivity index (χ4n) is 4.12. The van der Waals surface area contributed by atoms with Gasteiger partial charge in [-0.15, -0.1) is 0 Å². The number of aromatic nitrogens is 2. The van der Waals surface area contributed by atoms with Crippen LogP contribution in [0, 0.1) is 25.2 Å². The van der Waals surface area contributed by atoms with Crippen LogP contribution in [-0.4, -0.2) is 44.6 Å². The van der Waals surface area contributed by atoms with Gasteiger partial charge in [0.2, 0.25) is 0 Å². The van der Waals surface area contributed by atoms with Gasteiger partial charge in [0.1, 0.15) is 17.6 Å². The van der Waals surface area contributed by atoms with E-state index in [1.807, 2.05) is 38.1 Å². The number of piperidine rings is 1. The third-order valence-corrected chi connectivity index (χ3v) is 7.04. The van der Waals surface area contributed by atoms with Crippen LogP contribution in [0.3, 0.4) is 0 Å².